The van der Waals surface area contributed by atoms with Crippen LogP contribution in [0.4, 0.5) is 5.69 Å². The summed E-state index contributed by atoms with van der Waals surface area (Å²) in [7, 11) is 3.37. The number of unbranched alkanes of at least 4 members (excludes halogenated alkanes) is 1. The molecule has 1 aliphatic rings. The molecule has 0 spiro atoms. The van der Waals surface area contributed by atoms with Gasteiger partial charge in [-0.3, -0.25) is 4.79 Å². The van der Waals surface area contributed by atoms with Crippen molar-refractivity contribution in [1.82, 2.24) is 5.32 Å². The van der Waals surface area contributed by atoms with E-state index in [1.54, 1.807) is 14.2 Å². The van der Waals surface area contributed by atoms with Crippen LogP contribution in [0.1, 0.15) is 42.7 Å². The van der Waals surface area contributed by atoms with Gasteiger partial charge in [0, 0.05) is 50.4 Å². The predicted octanol–water partition coefficient (Wildman–Crippen LogP) is 5.60. The van der Waals surface area contributed by atoms with Gasteiger partial charge in [-0.2, -0.15) is 0 Å². The monoisotopic (exact) mass is 590 g/mol. The summed E-state index contributed by atoms with van der Waals surface area (Å²) in [5, 5.41) is 3.43. The van der Waals surface area contributed by atoms with E-state index in [9.17, 15) is 4.79 Å². The molecule has 3 aromatic rings. The van der Waals surface area contributed by atoms with Crippen LogP contribution in [0.2, 0.25) is 0 Å². The Kier molecular flexibility index (Phi) is 13.8. The van der Waals surface area contributed by atoms with Gasteiger partial charge in [0.05, 0.1) is 33.0 Å². The molecule has 4 rings (SSSR count). The minimum Gasteiger partial charge on any atom is -0.496 e. The maximum absolute atomic E-state index is 13.3. The van der Waals surface area contributed by atoms with Crippen molar-refractivity contribution in [3.63, 3.8) is 0 Å². The number of rotatable bonds is 18. The van der Waals surface area contributed by atoms with E-state index in [-0.39, 0.29) is 24.5 Å². The lowest BCUT2D eigenvalue weighted by atomic mass is 9.87. The van der Waals surface area contributed by atoms with Crippen LogP contribution in [0, 0.1) is 0 Å². The number of carbonyl (C=O) groups is 1. The number of hydrogen-bond acceptors (Lipinski definition) is 7. The number of nitrogens with one attached hydrogen (secondary N) is 1. The largest absolute Gasteiger partial charge is 0.496 e. The first-order valence-electron chi connectivity index (χ1n) is 15.3. The second kappa shape index (κ2) is 18.3. The molecule has 1 saturated heterocycles. The number of hydrogen-bond donors (Lipinski definition) is 1. The number of carbonyl (C=O) groups excluding carboxylic acids is 1. The predicted molar refractivity (Wildman–Crippen MR) is 169 cm³/mol. The van der Waals surface area contributed by atoms with Gasteiger partial charge in [-0.15, -0.1) is 0 Å². The topological polar surface area (TPSA) is 78.5 Å². The molecule has 43 heavy (non-hydrogen) atoms. The standard InChI is InChI=1S/C35H46N2O6/c1-39-22-9-8-21-37(30-12-4-3-5-13-30)35(38)27-43-34-25-36-20-19-32(34)28-15-17-31(18-16-28)42-24-10-23-41-26-29-11-6-7-14-33(29)40-2/h3-7,11-18,32,34,36H,8-10,19-27H2,1-2H3/t32-,34+/m1/s1. The third-order valence-electron chi connectivity index (χ3n) is 7.66. The first-order valence-corrected chi connectivity index (χ1v) is 15.3. The molecule has 0 unspecified atom stereocenters. The van der Waals surface area contributed by atoms with Crippen molar-refractivity contribution < 1.29 is 28.5 Å². The molecule has 2 atom stereocenters. The van der Waals surface area contributed by atoms with E-state index < -0.39 is 0 Å². The molecular formula is C35H46N2O6. The molecule has 3 aromatic carbocycles. The molecular weight excluding hydrogens is 544 g/mol. The summed E-state index contributed by atoms with van der Waals surface area (Å²) in [5.41, 5.74) is 3.13. The van der Waals surface area contributed by atoms with Crippen LogP contribution in [0.5, 0.6) is 11.5 Å². The van der Waals surface area contributed by atoms with Gasteiger partial charge in [0.15, 0.2) is 0 Å². The number of anilines is 1. The van der Waals surface area contributed by atoms with Crippen LogP contribution < -0.4 is 19.7 Å². The van der Waals surface area contributed by atoms with Gasteiger partial charge in [0.25, 0.3) is 5.91 Å². The highest BCUT2D eigenvalue weighted by molar-refractivity contribution is 5.94. The van der Waals surface area contributed by atoms with E-state index in [2.05, 4.69) is 17.4 Å². The molecule has 232 valence electrons. The van der Waals surface area contributed by atoms with Crippen molar-refractivity contribution in [2.75, 3.05) is 65.2 Å². The molecule has 1 heterocycles. The Hall–Kier alpha value is -3.43. The zero-order valence-corrected chi connectivity index (χ0v) is 25.5. The Morgan fingerprint density at radius 2 is 1.67 bits per heavy atom. The summed E-state index contributed by atoms with van der Waals surface area (Å²) in [6.45, 7) is 4.70. The van der Waals surface area contributed by atoms with Crippen LogP contribution in [0.25, 0.3) is 0 Å². The molecule has 0 aliphatic carbocycles. The van der Waals surface area contributed by atoms with E-state index in [1.807, 2.05) is 71.6 Å². The minimum absolute atomic E-state index is 0.0245. The molecule has 0 saturated carbocycles. The summed E-state index contributed by atoms with van der Waals surface area (Å²) >= 11 is 0. The number of piperidine rings is 1. The van der Waals surface area contributed by atoms with Gasteiger partial charge in [0.2, 0.25) is 0 Å². The molecule has 1 fully saturated rings. The van der Waals surface area contributed by atoms with Gasteiger partial charge in [-0.1, -0.05) is 48.5 Å². The third kappa shape index (κ3) is 10.4. The van der Waals surface area contributed by atoms with Crippen molar-refractivity contribution in [2.24, 2.45) is 0 Å². The number of nitrogens with zero attached hydrogens (tertiary/aromatic N) is 1. The average molecular weight is 591 g/mol. The summed E-state index contributed by atoms with van der Waals surface area (Å²) in [4.78, 5) is 15.2. The van der Waals surface area contributed by atoms with Gasteiger partial charge < -0.3 is 33.9 Å². The van der Waals surface area contributed by atoms with Crippen molar-refractivity contribution in [2.45, 2.75) is 44.3 Å². The molecule has 8 heteroatoms. The second-order valence-electron chi connectivity index (χ2n) is 10.7. The first kappa shape index (κ1) is 32.5. The fourth-order valence-corrected chi connectivity index (χ4v) is 5.33. The third-order valence-corrected chi connectivity index (χ3v) is 7.66. The van der Waals surface area contributed by atoms with E-state index in [1.165, 1.54) is 5.56 Å². The fraction of sp³-hybridized carbons (Fsp3) is 0.457. The van der Waals surface area contributed by atoms with Crippen LogP contribution in [-0.2, 0) is 25.6 Å². The van der Waals surface area contributed by atoms with Crippen LogP contribution in [0.15, 0.2) is 78.9 Å². The lowest BCUT2D eigenvalue weighted by Crippen LogP contribution is -2.43. The van der Waals surface area contributed by atoms with E-state index in [0.29, 0.717) is 39.5 Å². The molecule has 0 radical (unpaired) electrons. The zero-order valence-electron chi connectivity index (χ0n) is 25.5. The highest BCUT2D eigenvalue weighted by atomic mass is 16.5. The molecule has 1 N–H and O–H groups in total. The van der Waals surface area contributed by atoms with E-state index in [4.69, 9.17) is 23.7 Å². The summed E-state index contributed by atoms with van der Waals surface area (Å²) in [5.74, 6) is 1.86. The van der Waals surface area contributed by atoms with E-state index in [0.717, 1.165) is 55.0 Å². The second-order valence-corrected chi connectivity index (χ2v) is 10.7. The SMILES string of the molecule is COCCCCN(C(=O)CO[C@H]1CNCC[C@@H]1c1ccc(OCCCOCc2ccccc2OC)cc1)c1ccccc1. The quantitative estimate of drug-likeness (QED) is 0.193. The van der Waals surface area contributed by atoms with Gasteiger partial charge in [-0.05, 0) is 61.7 Å². The van der Waals surface area contributed by atoms with Crippen molar-refractivity contribution in [3.05, 3.63) is 90.0 Å². The highest BCUT2D eigenvalue weighted by Gasteiger charge is 2.28. The smallest absolute Gasteiger partial charge is 0.252 e. The maximum atomic E-state index is 13.3. The number of ether oxygens (including phenoxy) is 5. The summed E-state index contributed by atoms with van der Waals surface area (Å²) in [6, 6.07) is 26.0. The van der Waals surface area contributed by atoms with Gasteiger partial charge in [0.1, 0.15) is 18.1 Å². The molecule has 0 bridgehead atoms. The maximum Gasteiger partial charge on any atom is 0.252 e. The van der Waals surface area contributed by atoms with Gasteiger partial charge >= 0.3 is 0 Å². The minimum atomic E-state index is -0.0871. The summed E-state index contributed by atoms with van der Waals surface area (Å²) < 4.78 is 28.6. The molecule has 1 amide bonds. The Bertz CT molecular complexity index is 1210. The fourth-order valence-electron chi connectivity index (χ4n) is 5.33. The Balaban J connectivity index is 1.23. The lowest BCUT2D eigenvalue weighted by molar-refractivity contribution is -0.125. The van der Waals surface area contributed by atoms with Crippen LogP contribution in [-0.4, -0.2) is 72.3 Å². The van der Waals surface area contributed by atoms with E-state index >= 15 is 0 Å². The zero-order chi connectivity index (χ0) is 30.1. The molecule has 8 nitrogen and oxygen atoms in total. The Morgan fingerprint density at radius 1 is 0.884 bits per heavy atom. The number of amides is 1. The Morgan fingerprint density at radius 3 is 2.47 bits per heavy atom. The first-order chi connectivity index (χ1) is 21.2. The highest BCUT2D eigenvalue weighted by Crippen LogP contribution is 2.29. The molecule has 1 aliphatic heterocycles. The van der Waals surface area contributed by atoms with Crippen molar-refractivity contribution in [3.8, 4) is 11.5 Å². The van der Waals surface area contributed by atoms with Crippen LogP contribution in [0.3, 0.4) is 0 Å². The number of methoxy groups -OCH3 is 2. The number of benzene rings is 3. The molecule has 0 aromatic heterocycles. The van der Waals surface area contributed by atoms with Gasteiger partial charge in [-0.25, -0.2) is 0 Å². The van der Waals surface area contributed by atoms with Crippen molar-refractivity contribution >= 4 is 11.6 Å². The average Bonchev–Trinajstić information content (AvgIpc) is 3.06. The van der Waals surface area contributed by atoms with Crippen molar-refractivity contribution in [1.29, 1.82) is 0 Å². The summed E-state index contributed by atoms with van der Waals surface area (Å²) in [6.07, 6.45) is 3.42. The Labute approximate surface area is 256 Å². The number of para-hydroxylation sites is 2. The normalized spacial score (nSPS) is 16.5. The van der Waals surface area contributed by atoms with Crippen LogP contribution >= 0.6 is 0 Å². The lowest BCUT2D eigenvalue weighted by Gasteiger charge is -2.33.